The Kier molecular flexibility index (Phi) is 4.70. The number of aromatic nitrogens is 4. The maximum atomic E-state index is 5.53. The summed E-state index contributed by atoms with van der Waals surface area (Å²) in [7, 11) is 0. The lowest BCUT2D eigenvalue weighted by molar-refractivity contribution is 0.193. The third-order valence-corrected chi connectivity index (χ3v) is 5.51. The highest BCUT2D eigenvalue weighted by atomic mass is 16.5. The van der Waals surface area contributed by atoms with Gasteiger partial charge in [-0.05, 0) is 39.0 Å². The number of nitrogens with zero attached hydrogens (tertiary/aromatic N) is 5. The van der Waals surface area contributed by atoms with Crippen LogP contribution >= 0.6 is 0 Å². The maximum Gasteiger partial charge on any atom is 0.132 e. The lowest BCUT2D eigenvalue weighted by atomic mass is 9.96. The molecule has 134 valence electrons. The normalized spacial score (nSPS) is 21.8. The molecule has 0 aliphatic carbocycles. The Labute approximate surface area is 149 Å². The van der Waals surface area contributed by atoms with Crippen LogP contribution in [0.2, 0.25) is 0 Å². The molecule has 0 spiro atoms. The summed E-state index contributed by atoms with van der Waals surface area (Å²) in [6.07, 6.45) is 7.45. The zero-order valence-electron chi connectivity index (χ0n) is 15.2. The Balaban J connectivity index is 1.41. The van der Waals surface area contributed by atoms with Crippen molar-refractivity contribution >= 4 is 5.82 Å². The van der Waals surface area contributed by atoms with Crippen molar-refractivity contribution in [2.24, 2.45) is 5.92 Å². The van der Waals surface area contributed by atoms with E-state index in [4.69, 9.17) is 9.72 Å². The zero-order valence-corrected chi connectivity index (χ0v) is 15.2. The van der Waals surface area contributed by atoms with Gasteiger partial charge in [-0.15, -0.1) is 0 Å². The van der Waals surface area contributed by atoms with Crippen molar-refractivity contribution in [2.45, 2.75) is 45.6 Å². The van der Waals surface area contributed by atoms with Crippen molar-refractivity contribution < 1.29 is 4.74 Å². The van der Waals surface area contributed by atoms with Crippen molar-refractivity contribution in [3.63, 3.8) is 0 Å². The second kappa shape index (κ2) is 7.12. The summed E-state index contributed by atoms with van der Waals surface area (Å²) in [5.74, 6) is 4.22. The van der Waals surface area contributed by atoms with Gasteiger partial charge in [0.25, 0.3) is 0 Å². The van der Waals surface area contributed by atoms with Crippen LogP contribution in [0.5, 0.6) is 0 Å². The van der Waals surface area contributed by atoms with Gasteiger partial charge in [-0.1, -0.05) is 0 Å². The zero-order chi connectivity index (χ0) is 17.2. The highest BCUT2D eigenvalue weighted by molar-refractivity contribution is 5.41. The first-order chi connectivity index (χ1) is 12.2. The number of ether oxygens (including phenoxy) is 1. The molecule has 2 aromatic rings. The molecular formula is C19H27N5O. The molecule has 2 saturated heterocycles. The maximum absolute atomic E-state index is 5.53. The summed E-state index contributed by atoms with van der Waals surface area (Å²) in [5.41, 5.74) is 1.15. The van der Waals surface area contributed by atoms with Crippen LogP contribution < -0.4 is 4.90 Å². The van der Waals surface area contributed by atoms with Crippen LogP contribution in [0.3, 0.4) is 0 Å². The quantitative estimate of drug-likeness (QED) is 0.856. The molecule has 25 heavy (non-hydrogen) atoms. The Morgan fingerprint density at radius 2 is 2.00 bits per heavy atom. The molecule has 2 aliphatic heterocycles. The first-order valence-corrected chi connectivity index (χ1v) is 9.35. The fraction of sp³-hybridized carbons (Fsp3) is 0.632. The summed E-state index contributed by atoms with van der Waals surface area (Å²) < 4.78 is 7.80. The summed E-state index contributed by atoms with van der Waals surface area (Å²) in [5, 5.41) is 0. The van der Waals surface area contributed by atoms with Crippen molar-refractivity contribution in [3.05, 3.63) is 35.8 Å². The molecule has 2 aromatic heterocycles. The van der Waals surface area contributed by atoms with E-state index in [1.165, 1.54) is 12.8 Å². The summed E-state index contributed by atoms with van der Waals surface area (Å²) in [6.45, 7) is 8.92. The van der Waals surface area contributed by atoms with Crippen LogP contribution in [0.4, 0.5) is 5.82 Å². The van der Waals surface area contributed by atoms with Gasteiger partial charge in [0.15, 0.2) is 0 Å². The molecule has 0 saturated carbocycles. The van der Waals surface area contributed by atoms with Crippen molar-refractivity contribution in [1.82, 2.24) is 19.5 Å². The summed E-state index contributed by atoms with van der Waals surface area (Å²) in [4.78, 5) is 16.1. The van der Waals surface area contributed by atoms with Crippen LogP contribution in [0, 0.1) is 19.8 Å². The van der Waals surface area contributed by atoms with E-state index >= 15 is 0 Å². The minimum atomic E-state index is 0.433. The molecule has 6 nitrogen and oxygen atoms in total. The number of piperidine rings is 1. The number of anilines is 1. The monoisotopic (exact) mass is 341 g/mol. The van der Waals surface area contributed by atoms with Gasteiger partial charge in [0.1, 0.15) is 17.5 Å². The SMILES string of the molecule is Cc1nc(C2CCOC2)cc(N2CCC(Cn3ccnc3C)CC2)n1. The second-order valence-corrected chi connectivity index (χ2v) is 7.32. The Morgan fingerprint density at radius 1 is 1.16 bits per heavy atom. The van der Waals surface area contributed by atoms with Crippen LogP contribution in [0.1, 0.15) is 42.5 Å². The fourth-order valence-corrected chi connectivity index (χ4v) is 3.93. The number of hydrogen-bond donors (Lipinski definition) is 0. The molecule has 2 aliphatic rings. The van der Waals surface area contributed by atoms with Gasteiger partial charge in [0.05, 0.1) is 12.3 Å². The highest BCUT2D eigenvalue weighted by Gasteiger charge is 2.24. The van der Waals surface area contributed by atoms with E-state index in [1.54, 1.807) is 0 Å². The van der Waals surface area contributed by atoms with Gasteiger partial charge in [-0.25, -0.2) is 15.0 Å². The van der Waals surface area contributed by atoms with E-state index in [2.05, 4.69) is 38.6 Å². The first kappa shape index (κ1) is 16.5. The standard InChI is InChI=1S/C19H27N5O/c1-14-21-18(17-5-10-25-13-17)11-19(22-14)23-7-3-16(4-8-23)12-24-9-6-20-15(24)2/h6,9,11,16-17H,3-5,7-8,10,12-13H2,1-2H3. The first-order valence-electron chi connectivity index (χ1n) is 9.35. The van der Waals surface area contributed by atoms with Crippen molar-refractivity contribution in [1.29, 1.82) is 0 Å². The lowest BCUT2D eigenvalue weighted by Crippen LogP contribution is -2.35. The van der Waals surface area contributed by atoms with Crippen LogP contribution in [-0.2, 0) is 11.3 Å². The van der Waals surface area contributed by atoms with E-state index in [9.17, 15) is 0 Å². The molecule has 0 amide bonds. The molecule has 2 fully saturated rings. The highest BCUT2D eigenvalue weighted by Crippen LogP contribution is 2.28. The number of aryl methyl sites for hydroxylation is 2. The average molecular weight is 341 g/mol. The van der Waals surface area contributed by atoms with Gasteiger partial charge < -0.3 is 14.2 Å². The molecule has 0 N–H and O–H groups in total. The second-order valence-electron chi connectivity index (χ2n) is 7.32. The largest absolute Gasteiger partial charge is 0.381 e. The van der Waals surface area contributed by atoms with Crippen LogP contribution in [0.15, 0.2) is 18.5 Å². The molecule has 1 atom stereocenters. The Morgan fingerprint density at radius 3 is 2.68 bits per heavy atom. The lowest BCUT2D eigenvalue weighted by Gasteiger charge is -2.33. The molecule has 0 aromatic carbocycles. The van der Waals surface area contributed by atoms with Crippen molar-refractivity contribution in [2.75, 3.05) is 31.2 Å². The summed E-state index contributed by atoms with van der Waals surface area (Å²) >= 11 is 0. The average Bonchev–Trinajstić information content (AvgIpc) is 3.28. The molecule has 4 rings (SSSR count). The molecule has 4 heterocycles. The molecule has 1 unspecified atom stereocenters. The molecule has 0 radical (unpaired) electrons. The smallest absolute Gasteiger partial charge is 0.132 e. The molecule has 0 bridgehead atoms. The van der Waals surface area contributed by atoms with Gasteiger partial charge in [-0.3, -0.25) is 0 Å². The summed E-state index contributed by atoms with van der Waals surface area (Å²) in [6, 6.07) is 2.19. The number of hydrogen-bond acceptors (Lipinski definition) is 5. The van der Waals surface area contributed by atoms with Crippen LogP contribution in [-0.4, -0.2) is 45.8 Å². The number of rotatable bonds is 4. The van der Waals surface area contributed by atoms with Gasteiger partial charge >= 0.3 is 0 Å². The Bertz CT molecular complexity index is 714. The Hall–Kier alpha value is -1.95. The molecular weight excluding hydrogens is 314 g/mol. The number of imidazole rings is 1. The van der Waals surface area contributed by atoms with Crippen molar-refractivity contribution in [3.8, 4) is 0 Å². The van der Waals surface area contributed by atoms with E-state index in [1.807, 2.05) is 13.1 Å². The predicted molar refractivity (Wildman–Crippen MR) is 96.8 cm³/mol. The van der Waals surface area contributed by atoms with E-state index < -0.39 is 0 Å². The third kappa shape index (κ3) is 3.68. The van der Waals surface area contributed by atoms with E-state index in [0.29, 0.717) is 5.92 Å². The third-order valence-electron chi connectivity index (χ3n) is 5.51. The van der Waals surface area contributed by atoms with E-state index in [0.717, 1.165) is 68.3 Å². The van der Waals surface area contributed by atoms with Gasteiger partial charge in [0, 0.05) is 50.6 Å². The fourth-order valence-electron chi connectivity index (χ4n) is 3.93. The van der Waals surface area contributed by atoms with Gasteiger partial charge in [-0.2, -0.15) is 0 Å². The minimum absolute atomic E-state index is 0.433. The minimum Gasteiger partial charge on any atom is -0.381 e. The molecule has 6 heteroatoms. The topological polar surface area (TPSA) is 56.1 Å². The van der Waals surface area contributed by atoms with Gasteiger partial charge in [0.2, 0.25) is 0 Å². The van der Waals surface area contributed by atoms with E-state index in [-0.39, 0.29) is 0 Å². The predicted octanol–water partition coefficient (Wildman–Crippen LogP) is 2.71. The van der Waals surface area contributed by atoms with Crippen LogP contribution in [0.25, 0.3) is 0 Å².